The number of benzene rings is 10. The van der Waals surface area contributed by atoms with Crippen molar-refractivity contribution >= 4 is 98.6 Å². The first-order valence-corrected chi connectivity index (χ1v) is 37.6. The zero-order valence-electron chi connectivity index (χ0n) is 63.2. The molecule has 0 aromatic heterocycles. The number of anilines is 6. The van der Waals surface area contributed by atoms with Crippen molar-refractivity contribution in [3.63, 3.8) is 0 Å². The number of amides is 9. The molecule has 3 saturated heterocycles. The average molecular weight is 1510 g/mol. The van der Waals surface area contributed by atoms with E-state index in [-0.39, 0.29) is 91.6 Å². The molecular formula is C90H93N9O13. The predicted molar refractivity (Wildman–Crippen MR) is 435 cm³/mol. The van der Waals surface area contributed by atoms with Crippen molar-refractivity contribution in [2.75, 3.05) is 58.6 Å². The molecule has 0 bridgehead atoms. The van der Waals surface area contributed by atoms with Crippen molar-refractivity contribution < 1.29 is 63.2 Å². The van der Waals surface area contributed by atoms with Gasteiger partial charge in [0.1, 0.15) is 5.75 Å². The fourth-order valence-corrected chi connectivity index (χ4v) is 14.4. The fourth-order valence-electron chi connectivity index (χ4n) is 14.4. The van der Waals surface area contributed by atoms with E-state index < -0.39 is 17.9 Å². The van der Waals surface area contributed by atoms with E-state index in [0.717, 1.165) is 128 Å². The summed E-state index contributed by atoms with van der Waals surface area (Å²) in [4.78, 5) is 116. The van der Waals surface area contributed by atoms with Crippen LogP contribution in [-0.2, 0) is 56.1 Å². The van der Waals surface area contributed by atoms with Gasteiger partial charge in [-0.15, -0.1) is 0 Å². The van der Waals surface area contributed by atoms with Gasteiger partial charge in [0.05, 0.1) is 55.7 Å². The molecule has 0 spiro atoms. The lowest BCUT2D eigenvalue weighted by Gasteiger charge is -2.26. The van der Waals surface area contributed by atoms with Crippen LogP contribution in [0.15, 0.2) is 224 Å². The molecule has 0 aliphatic carbocycles. The number of aromatic carboxylic acids is 1. The number of nitrogens with one attached hydrogen (secondary N) is 6. The quantitative estimate of drug-likeness (QED) is 0.0288. The molecule has 9 amide bonds. The van der Waals surface area contributed by atoms with Crippen molar-refractivity contribution in [3.05, 3.63) is 291 Å². The molecule has 22 nitrogen and oxygen atoms in total. The van der Waals surface area contributed by atoms with Crippen molar-refractivity contribution in [1.29, 1.82) is 0 Å². The number of rotatable bonds is 23. The third-order valence-corrected chi connectivity index (χ3v) is 20.3. The Bertz CT molecular complexity index is 5070. The second-order valence-electron chi connectivity index (χ2n) is 28.3. The van der Waals surface area contributed by atoms with E-state index in [1.807, 2.05) is 205 Å². The standard InChI is InChI=1S/C31H29N3O4.C30H33N3O5.C29H31N3O4/c1-20-5-2-3-6-27(20)33-31(38)32-26-14-8-21(9-15-26)17-29(35)34-16-4-7-28(34)24-12-10-23-19-25(30(36)37)13-11-22(23)18-24;1-20-7-3-4-10-24(20)31-30(37)32-25-14-12-22(18-27(25)38-2)19-28(34)33-16-6-11-26(33)23-9-5-8-21(17-23)13-15-29(35)36;1-20-6-2-3-9-25(20)31-29(36)30-24-14-11-22(12-15-24)19-27(33)32-17-5-10-26(32)23-8-4-7-21(18-23)13-16-28(34)35/h2-3,5-6,8-15,18-19,28H,4,7,16-17H2,1H3,(H,36,37)(H2,32,33,38);3-5,7-10,12,14,17-18,26H,6,11,13,15-16,19H2,1-2H3,(H,35,36)(H2,31,32,37);2-4,6-9,11-12,14-15,18,26H,5,10,13,16-17,19H2,1H3,(H,34,35)(H2,30,31,36). The van der Waals surface area contributed by atoms with Crippen LogP contribution in [0.5, 0.6) is 5.75 Å². The van der Waals surface area contributed by atoms with Crippen molar-refractivity contribution in [2.24, 2.45) is 0 Å². The van der Waals surface area contributed by atoms with Crippen LogP contribution in [0.3, 0.4) is 0 Å². The summed E-state index contributed by atoms with van der Waals surface area (Å²) in [5.41, 5.74) is 14.8. The zero-order valence-corrected chi connectivity index (χ0v) is 63.2. The summed E-state index contributed by atoms with van der Waals surface area (Å²) in [5, 5.41) is 46.0. The highest BCUT2D eigenvalue weighted by molar-refractivity contribution is 6.02. The Labute approximate surface area is 651 Å². The number of carbonyl (C=O) groups is 9. The Morgan fingerprint density at radius 2 is 0.741 bits per heavy atom. The molecule has 10 aromatic rings. The molecule has 576 valence electrons. The Morgan fingerprint density at radius 1 is 0.366 bits per heavy atom. The van der Waals surface area contributed by atoms with Crippen LogP contribution in [0, 0.1) is 20.8 Å². The minimum absolute atomic E-state index is 0.00266. The summed E-state index contributed by atoms with van der Waals surface area (Å²) in [7, 11) is 1.53. The van der Waals surface area contributed by atoms with E-state index >= 15 is 0 Å². The van der Waals surface area contributed by atoms with Crippen molar-refractivity contribution in [1.82, 2.24) is 14.7 Å². The van der Waals surface area contributed by atoms with Gasteiger partial charge in [-0.3, -0.25) is 24.0 Å². The summed E-state index contributed by atoms with van der Waals surface area (Å²) in [6.45, 7) is 7.88. The Kier molecular flexibility index (Phi) is 27.3. The van der Waals surface area contributed by atoms with Gasteiger partial charge >= 0.3 is 36.0 Å². The number of carbonyl (C=O) groups excluding carboxylic acids is 6. The predicted octanol–water partition coefficient (Wildman–Crippen LogP) is 17.5. The number of para-hydroxylation sites is 3. The van der Waals surface area contributed by atoms with E-state index in [1.54, 1.807) is 48.5 Å². The third-order valence-electron chi connectivity index (χ3n) is 20.3. The zero-order chi connectivity index (χ0) is 79.2. The normalized spacial score (nSPS) is 14.8. The number of ether oxygens (including phenoxy) is 1. The number of aliphatic carboxylic acids is 2. The largest absolute Gasteiger partial charge is 0.495 e. The monoisotopic (exact) mass is 1510 g/mol. The molecule has 0 radical (unpaired) electrons. The van der Waals surface area contributed by atoms with E-state index in [2.05, 4.69) is 38.0 Å². The highest BCUT2D eigenvalue weighted by Crippen LogP contribution is 2.38. The highest BCUT2D eigenvalue weighted by atomic mass is 16.5. The second kappa shape index (κ2) is 38.3. The Balaban J connectivity index is 0.000000166. The van der Waals surface area contributed by atoms with Gasteiger partial charge in [0.2, 0.25) is 17.7 Å². The fraction of sp³-hybridized carbons (Fsp3) is 0.256. The summed E-state index contributed by atoms with van der Waals surface area (Å²) in [6, 6.07) is 68.5. The molecule has 3 aliphatic heterocycles. The van der Waals surface area contributed by atoms with Crippen LogP contribution in [-0.4, -0.2) is 110 Å². The maximum Gasteiger partial charge on any atom is 0.335 e. The van der Waals surface area contributed by atoms with E-state index in [1.165, 1.54) is 7.11 Å². The SMILES string of the molecule is COc1cc(CC(=O)N2CCCC2c2cccc(CCC(=O)O)c2)ccc1NC(=O)Nc1ccccc1C.Cc1ccccc1NC(=O)Nc1ccc(CC(=O)N2CCCC2c2ccc3cc(C(=O)O)ccc3c2)cc1.Cc1ccccc1NC(=O)Nc1ccc(CC(=O)N2CCCC2c2cccc(CCC(=O)O)c2)cc1. The van der Waals surface area contributed by atoms with Crippen LogP contribution in [0.4, 0.5) is 48.5 Å². The molecule has 10 aromatic carbocycles. The Hall–Kier alpha value is -13.1. The van der Waals surface area contributed by atoms with Crippen molar-refractivity contribution in [2.45, 2.75) is 122 Å². The molecule has 3 atom stereocenters. The molecule has 3 aliphatic rings. The number of hydrogen-bond donors (Lipinski definition) is 9. The van der Waals surface area contributed by atoms with Gasteiger partial charge in [-0.1, -0.05) is 152 Å². The molecular weight excluding hydrogens is 1420 g/mol. The van der Waals surface area contributed by atoms with Crippen LogP contribution in [0.25, 0.3) is 10.8 Å². The third kappa shape index (κ3) is 22.1. The highest BCUT2D eigenvalue weighted by Gasteiger charge is 2.33. The van der Waals surface area contributed by atoms with Gasteiger partial charge in [0.25, 0.3) is 0 Å². The topological polar surface area (TPSA) is 305 Å². The number of likely N-dealkylation sites (tertiary alicyclic amines) is 3. The summed E-state index contributed by atoms with van der Waals surface area (Å²) in [6.07, 6.45) is 7.34. The van der Waals surface area contributed by atoms with Gasteiger partial charge in [0.15, 0.2) is 0 Å². The molecule has 3 unspecified atom stereocenters. The van der Waals surface area contributed by atoms with Crippen LogP contribution in [0.2, 0.25) is 0 Å². The van der Waals surface area contributed by atoms with Gasteiger partial charge in [-0.2, -0.15) is 0 Å². The van der Waals surface area contributed by atoms with Gasteiger partial charge in [-0.25, -0.2) is 19.2 Å². The molecule has 3 heterocycles. The number of fused-ring (bicyclic) bond motifs is 1. The molecule has 22 heteroatoms. The van der Waals surface area contributed by atoms with Crippen LogP contribution >= 0.6 is 0 Å². The first kappa shape index (κ1) is 79.9. The summed E-state index contributed by atoms with van der Waals surface area (Å²) in [5.74, 6) is -1.97. The van der Waals surface area contributed by atoms with Gasteiger partial charge in [0, 0.05) is 60.9 Å². The first-order chi connectivity index (χ1) is 54.1. The summed E-state index contributed by atoms with van der Waals surface area (Å²) < 4.78 is 5.50. The minimum Gasteiger partial charge on any atom is -0.495 e. The van der Waals surface area contributed by atoms with Gasteiger partial charge < -0.3 is 66.7 Å². The number of methoxy groups -OCH3 is 1. The van der Waals surface area contributed by atoms with Crippen LogP contribution < -0.4 is 36.6 Å². The summed E-state index contributed by atoms with van der Waals surface area (Å²) >= 11 is 0. The maximum atomic E-state index is 13.3. The van der Waals surface area contributed by atoms with Gasteiger partial charge in [-0.05, 0) is 217 Å². The second-order valence-corrected chi connectivity index (χ2v) is 28.3. The number of carboxylic acid groups (broad SMARTS) is 3. The minimum atomic E-state index is -0.946. The molecule has 9 N–H and O–H groups in total. The van der Waals surface area contributed by atoms with Crippen LogP contribution in [0.1, 0.15) is 141 Å². The Morgan fingerprint density at radius 3 is 1.15 bits per heavy atom. The average Bonchev–Trinajstić information content (AvgIpc) is 1.61. The smallest absolute Gasteiger partial charge is 0.335 e. The lowest BCUT2D eigenvalue weighted by atomic mass is 9.98. The molecule has 3 fully saturated rings. The molecule has 0 saturated carbocycles. The molecule has 112 heavy (non-hydrogen) atoms. The lowest BCUT2D eigenvalue weighted by Crippen LogP contribution is -2.31. The number of hydrogen-bond acceptors (Lipinski definition) is 10. The van der Waals surface area contributed by atoms with Crippen molar-refractivity contribution in [3.8, 4) is 5.75 Å². The number of urea groups is 3. The maximum absolute atomic E-state index is 13.3. The van der Waals surface area contributed by atoms with E-state index in [0.29, 0.717) is 55.3 Å². The number of carboxylic acids is 3. The number of aryl methyl sites for hydroxylation is 5. The lowest BCUT2D eigenvalue weighted by molar-refractivity contribution is -0.138. The first-order valence-electron chi connectivity index (χ1n) is 37.6. The van der Waals surface area contributed by atoms with E-state index in [4.69, 9.17) is 14.9 Å². The van der Waals surface area contributed by atoms with E-state index in [9.17, 15) is 48.3 Å². The molecule has 13 rings (SSSR count). The number of nitrogens with zero attached hydrogens (tertiary/aromatic N) is 3.